The third-order valence-electron chi connectivity index (χ3n) is 3.17. The van der Waals surface area contributed by atoms with Crippen molar-refractivity contribution in [2.24, 2.45) is 0 Å². The van der Waals surface area contributed by atoms with E-state index in [1.165, 1.54) is 0 Å². The molecular weight excluding hydrogens is 280 g/mol. The summed E-state index contributed by atoms with van der Waals surface area (Å²) in [5, 5.41) is 0. The van der Waals surface area contributed by atoms with Crippen molar-refractivity contribution in [3.63, 3.8) is 0 Å². The first-order chi connectivity index (χ1) is 10.5. The Labute approximate surface area is 129 Å². The van der Waals surface area contributed by atoms with Crippen LogP contribution in [0.25, 0.3) is 0 Å². The molecule has 0 aliphatic heterocycles. The van der Waals surface area contributed by atoms with Crippen LogP contribution in [0.15, 0.2) is 36.9 Å². The van der Waals surface area contributed by atoms with Crippen LogP contribution in [0.3, 0.4) is 0 Å². The fourth-order valence-electron chi connectivity index (χ4n) is 1.85. The zero-order valence-corrected chi connectivity index (χ0v) is 12.9. The number of ether oxygens (including phenoxy) is 2. The highest BCUT2D eigenvalue weighted by Crippen LogP contribution is 2.27. The van der Waals surface area contributed by atoms with E-state index in [0.717, 1.165) is 28.9 Å². The van der Waals surface area contributed by atoms with Crippen LogP contribution in [0.2, 0.25) is 0 Å². The number of carbonyl (C=O) groups is 1. The van der Waals surface area contributed by atoms with Crippen molar-refractivity contribution in [2.45, 2.75) is 27.4 Å². The van der Waals surface area contributed by atoms with Crippen molar-refractivity contribution in [1.29, 1.82) is 0 Å². The normalized spacial score (nSPS) is 10.1. The molecular formula is C17H18N2O3. The van der Waals surface area contributed by atoms with E-state index in [-0.39, 0.29) is 6.61 Å². The molecule has 22 heavy (non-hydrogen) atoms. The van der Waals surface area contributed by atoms with Crippen molar-refractivity contribution in [1.82, 2.24) is 9.97 Å². The van der Waals surface area contributed by atoms with E-state index in [1.54, 1.807) is 24.3 Å². The van der Waals surface area contributed by atoms with Gasteiger partial charge in [-0.25, -0.2) is 4.79 Å². The highest BCUT2D eigenvalue weighted by molar-refractivity contribution is 5.83. The Morgan fingerprint density at radius 1 is 1.09 bits per heavy atom. The van der Waals surface area contributed by atoms with Crippen LogP contribution in [-0.4, -0.2) is 15.9 Å². The summed E-state index contributed by atoms with van der Waals surface area (Å²) in [6, 6.07) is 6.96. The topological polar surface area (TPSA) is 61.3 Å². The summed E-state index contributed by atoms with van der Waals surface area (Å²) >= 11 is 0. The van der Waals surface area contributed by atoms with Gasteiger partial charge < -0.3 is 9.47 Å². The van der Waals surface area contributed by atoms with Gasteiger partial charge in [0, 0.05) is 6.08 Å². The van der Waals surface area contributed by atoms with E-state index in [1.807, 2.05) is 20.8 Å². The molecule has 1 aromatic heterocycles. The summed E-state index contributed by atoms with van der Waals surface area (Å²) in [6.45, 7) is 9.35. The van der Waals surface area contributed by atoms with E-state index < -0.39 is 5.97 Å². The van der Waals surface area contributed by atoms with Gasteiger partial charge in [0.25, 0.3) is 0 Å². The number of nitrogens with zero attached hydrogens (tertiary/aromatic N) is 2. The fourth-order valence-corrected chi connectivity index (χ4v) is 1.85. The molecule has 0 N–H and O–H groups in total. The number of carbonyl (C=O) groups excluding carboxylic acids is 1. The average molecular weight is 298 g/mol. The number of benzene rings is 1. The minimum Gasteiger partial charge on any atom is -0.483 e. The molecule has 2 rings (SSSR count). The standard InChI is InChI=1S/C17H18N2O3/c1-5-17(20)22-16-9-7-6-8-15(16)21-10-14-13(4)18-11(2)12(3)19-14/h5-9H,1,10H2,2-4H3. The Hall–Kier alpha value is -2.69. The minimum atomic E-state index is -0.529. The number of hydrogen-bond acceptors (Lipinski definition) is 5. The lowest BCUT2D eigenvalue weighted by molar-refractivity contribution is -0.129. The zero-order valence-electron chi connectivity index (χ0n) is 12.9. The molecule has 1 heterocycles. The third-order valence-corrected chi connectivity index (χ3v) is 3.17. The molecule has 0 radical (unpaired) electrons. The van der Waals surface area contributed by atoms with Crippen molar-refractivity contribution >= 4 is 5.97 Å². The molecule has 0 bridgehead atoms. The lowest BCUT2D eigenvalue weighted by Crippen LogP contribution is -2.08. The van der Waals surface area contributed by atoms with Crippen LogP contribution < -0.4 is 9.47 Å². The van der Waals surface area contributed by atoms with E-state index in [9.17, 15) is 4.79 Å². The molecule has 0 aliphatic rings. The van der Waals surface area contributed by atoms with Gasteiger partial charge in [0.15, 0.2) is 11.5 Å². The molecule has 0 saturated carbocycles. The number of esters is 1. The van der Waals surface area contributed by atoms with Gasteiger partial charge in [0.05, 0.1) is 22.8 Å². The molecule has 0 spiro atoms. The third kappa shape index (κ3) is 3.69. The van der Waals surface area contributed by atoms with Gasteiger partial charge in [-0.2, -0.15) is 0 Å². The Kier molecular flexibility index (Phi) is 4.88. The van der Waals surface area contributed by atoms with Crippen LogP contribution >= 0.6 is 0 Å². The van der Waals surface area contributed by atoms with Gasteiger partial charge in [0.1, 0.15) is 6.61 Å². The summed E-state index contributed by atoms with van der Waals surface area (Å²) < 4.78 is 10.9. The number of aromatic nitrogens is 2. The first-order valence-corrected chi connectivity index (χ1v) is 6.88. The second-order valence-electron chi connectivity index (χ2n) is 4.79. The van der Waals surface area contributed by atoms with Crippen molar-refractivity contribution in [3.05, 3.63) is 59.7 Å². The maximum absolute atomic E-state index is 11.3. The van der Waals surface area contributed by atoms with E-state index in [4.69, 9.17) is 9.47 Å². The maximum Gasteiger partial charge on any atom is 0.335 e. The minimum absolute atomic E-state index is 0.253. The highest BCUT2D eigenvalue weighted by Gasteiger charge is 2.10. The monoisotopic (exact) mass is 298 g/mol. The number of rotatable bonds is 5. The van der Waals surface area contributed by atoms with Crippen LogP contribution in [0.1, 0.15) is 22.8 Å². The summed E-state index contributed by atoms with van der Waals surface area (Å²) in [4.78, 5) is 20.2. The molecule has 5 nitrogen and oxygen atoms in total. The summed E-state index contributed by atoms with van der Waals surface area (Å²) in [5.74, 6) is 0.289. The quantitative estimate of drug-likeness (QED) is 0.482. The van der Waals surface area contributed by atoms with Crippen LogP contribution in [0.5, 0.6) is 11.5 Å². The molecule has 114 valence electrons. The number of aryl methyl sites for hydroxylation is 3. The predicted molar refractivity (Wildman–Crippen MR) is 82.8 cm³/mol. The number of hydrogen-bond donors (Lipinski definition) is 0. The number of para-hydroxylation sites is 2. The van der Waals surface area contributed by atoms with Crippen LogP contribution in [0, 0.1) is 20.8 Å². The van der Waals surface area contributed by atoms with E-state index in [0.29, 0.717) is 11.5 Å². The molecule has 2 aromatic rings. The summed E-state index contributed by atoms with van der Waals surface area (Å²) in [7, 11) is 0. The van der Waals surface area contributed by atoms with Gasteiger partial charge in [-0.1, -0.05) is 18.7 Å². The second kappa shape index (κ2) is 6.85. The van der Waals surface area contributed by atoms with Gasteiger partial charge >= 0.3 is 5.97 Å². The van der Waals surface area contributed by atoms with Crippen molar-refractivity contribution < 1.29 is 14.3 Å². The zero-order chi connectivity index (χ0) is 16.1. The Balaban J connectivity index is 2.17. The average Bonchev–Trinajstić information content (AvgIpc) is 2.50. The first kappa shape index (κ1) is 15.7. The highest BCUT2D eigenvalue weighted by atomic mass is 16.6. The van der Waals surface area contributed by atoms with Crippen molar-refractivity contribution in [3.8, 4) is 11.5 Å². The molecule has 5 heteroatoms. The van der Waals surface area contributed by atoms with E-state index in [2.05, 4.69) is 16.5 Å². The second-order valence-corrected chi connectivity index (χ2v) is 4.79. The Morgan fingerprint density at radius 2 is 1.73 bits per heavy atom. The molecule has 0 aliphatic carbocycles. The maximum atomic E-state index is 11.3. The van der Waals surface area contributed by atoms with Gasteiger partial charge in [-0.3, -0.25) is 9.97 Å². The lowest BCUT2D eigenvalue weighted by Gasteiger charge is -2.12. The molecule has 0 saturated heterocycles. The smallest absolute Gasteiger partial charge is 0.335 e. The van der Waals surface area contributed by atoms with Gasteiger partial charge in [-0.15, -0.1) is 0 Å². The Bertz CT molecular complexity index is 711. The molecule has 0 unspecified atom stereocenters. The first-order valence-electron chi connectivity index (χ1n) is 6.88. The molecule has 0 atom stereocenters. The van der Waals surface area contributed by atoms with E-state index >= 15 is 0 Å². The van der Waals surface area contributed by atoms with Gasteiger partial charge in [0.2, 0.25) is 0 Å². The molecule has 0 fully saturated rings. The van der Waals surface area contributed by atoms with Crippen LogP contribution in [0.4, 0.5) is 0 Å². The van der Waals surface area contributed by atoms with Gasteiger partial charge in [-0.05, 0) is 32.9 Å². The lowest BCUT2D eigenvalue weighted by atomic mass is 10.2. The van der Waals surface area contributed by atoms with Crippen LogP contribution in [-0.2, 0) is 11.4 Å². The molecule has 0 amide bonds. The SMILES string of the molecule is C=CC(=O)Oc1ccccc1OCc1nc(C)c(C)nc1C. The predicted octanol–water partition coefficient (Wildman–Crippen LogP) is 3.07. The molecule has 1 aromatic carbocycles. The fraction of sp³-hybridized carbons (Fsp3) is 0.235. The van der Waals surface area contributed by atoms with Crippen molar-refractivity contribution in [2.75, 3.05) is 0 Å². The Morgan fingerprint density at radius 3 is 2.41 bits per heavy atom. The summed E-state index contributed by atoms with van der Waals surface area (Å²) in [6.07, 6.45) is 1.11. The largest absolute Gasteiger partial charge is 0.483 e. The summed E-state index contributed by atoms with van der Waals surface area (Å²) in [5.41, 5.74) is 3.36.